The molecule has 0 atom stereocenters. The van der Waals surface area contributed by atoms with Gasteiger partial charge in [0.1, 0.15) is 11.5 Å². The number of piperidine rings is 1. The molecule has 0 amide bonds. The van der Waals surface area contributed by atoms with Crippen LogP contribution in [0.4, 0.5) is 0 Å². The van der Waals surface area contributed by atoms with Crippen molar-refractivity contribution in [3.05, 3.63) is 23.2 Å². The highest BCUT2D eigenvalue weighted by molar-refractivity contribution is 6.32. The lowest BCUT2D eigenvalue weighted by atomic mass is 9.95. The van der Waals surface area contributed by atoms with Gasteiger partial charge in [-0.05, 0) is 50.4 Å². The third-order valence-electron chi connectivity index (χ3n) is 3.38. The maximum absolute atomic E-state index is 6.11. The van der Waals surface area contributed by atoms with E-state index < -0.39 is 0 Å². The van der Waals surface area contributed by atoms with Crippen molar-refractivity contribution in [3.8, 4) is 11.5 Å². The Labute approximate surface area is 126 Å². The number of ether oxygens (including phenoxy) is 2. The summed E-state index contributed by atoms with van der Waals surface area (Å²) in [6, 6.07) is 5.51. The Hall–Kier alpha value is -0.640. The number of benzene rings is 1. The molecule has 0 unspecified atom stereocenters. The summed E-state index contributed by atoms with van der Waals surface area (Å²) in [7, 11) is 1.63. The van der Waals surface area contributed by atoms with Crippen LogP contribution >= 0.6 is 24.0 Å². The predicted molar refractivity (Wildman–Crippen MR) is 81.0 cm³/mol. The van der Waals surface area contributed by atoms with Crippen molar-refractivity contribution in [2.24, 2.45) is 5.92 Å². The van der Waals surface area contributed by atoms with Crippen molar-refractivity contribution in [1.82, 2.24) is 5.32 Å². The Bertz CT molecular complexity index is 382. The largest absolute Gasteiger partial charge is 0.497 e. The van der Waals surface area contributed by atoms with Crippen LogP contribution < -0.4 is 14.8 Å². The molecule has 0 radical (unpaired) electrons. The van der Waals surface area contributed by atoms with E-state index in [1.807, 2.05) is 12.1 Å². The van der Waals surface area contributed by atoms with Gasteiger partial charge in [0.2, 0.25) is 0 Å². The molecule has 19 heavy (non-hydrogen) atoms. The molecule has 0 saturated carbocycles. The van der Waals surface area contributed by atoms with Crippen molar-refractivity contribution in [2.75, 3.05) is 26.8 Å². The van der Waals surface area contributed by atoms with Crippen molar-refractivity contribution in [1.29, 1.82) is 0 Å². The molecule has 0 spiro atoms. The van der Waals surface area contributed by atoms with Gasteiger partial charge in [-0.2, -0.15) is 0 Å². The highest BCUT2D eigenvalue weighted by Crippen LogP contribution is 2.29. The second kappa shape index (κ2) is 8.51. The lowest BCUT2D eigenvalue weighted by Crippen LogP contribution is -2.28. The molecule has 1 aliphatic rings. The van der Waals surface area contributed by atoms with Gasteiger partial charge in [0.25, 0.3) is 0 Å². The summed E-state index contributed by atoms with van der Waals surface area (Å²) in [6.07, 6.45) is 3.60. The van der Waals surface area contributed by atoms with E-state index in [9.17, 15) is 0 Å². The highest BCUT2D eigenvalue weighted by Gasteiger charge is 2.13. The average Bonchev–Trinajstić information content (AvgIpc) is 2.42. The fraction of sp³-hybridized carbons (Fsp3) is 0.571. The first-order valence-electron chi connectivity index (χ1n) is 6.46. The molecule has 0 aromatic heterocycles. The second-order valence-electron chi connectivity index (χ2n) is 4.63. The van der Waals surface area contributed by atoms with E-state index in [-0.39, 0.29) is 12.4 Å². The minimum absolute atomic E-state index is 0. The summed E-state index contributed by atoms with van der Waals surface area (Å²) in [5.74, 6) is 2.28. The monoisotopic (exact) mass is 305 g/mol. The molecule has 1 N–H and O–H groups in total. The number of nitrogens with one attached hydrogen (secondary N) is 1. The lowest BCUT2D eigenvalue weighted by molar-refractivity contribution is 0.251. The van der Waals surface area contributed by atoms with Crippen LogP contribution in [0.1, 0.15) is 19.3 Å². The van der Waals surface area contributed by atoms with Gasteiger partial charge in [0, 0.05) is 6.07 Å². The average molecular weight is 306 g/mol. The topological polar surface area (TPSA) is 30.5 Å². The molecule has 1 aliphatic heterocycles. The molecule has 3 nitrogen and oxygen atoms in total. The number of hydrogen-bond donors (Lipinski definition) is 1. The van der Waals surface area contributed by atoms with E-state index >= 15 is 0 Å². The third kappa shape index (κ3) is 5.09. The smallest absolute Gasteiger partial charge is 0.138 e. The Morgan fingerprint density at radius 2 is 2.05 bits per heavy atom. The fourth-order valence-corrected chi connectivity index (χ4v) is 2.46. The standard InChI is InChI=1S/C14H20ClNO2.ClH/c1-17-12-2-3-14(13(15)10-12)18-9-6-11-4-7-16-8-5-11;/h2-3,10-11,16H,4-9H2,1H3;1H. The maximum atomic E-state index is 6.11. The first-order chi connectivity index (χ1) is 8.79. The number of hydrogen-bond acceptors (Lipinski definition) is 3. The first kappa shape index (κ1) is 16.4. The third-order valence-corrected chi connectivity index (χ3v) is 3.68. The summed E-state index contributed by atoms with van der Waals surface area (Å²) in [5.41, 5.74) is 0. The summed E-state index contributed by atoms with van der Waals surface area (Å²) in [4.78, 5) is 0. The van der Waals surface area contributed by atoms with Gasteiger partial charge < -0.3 is 14.8 Å². The van der Waals surface area contributed by atoms with Crippen molar-refractivity contribution in [3.63, 3.8) is 0 Å². The Morgan fingerprint density at radius 1 is 1.32 bits per heavy atom. The molecular weight excluding hydrogens is 285 g/mol. The van der Waals surface area contributed by atoms with Crippen LogP contribution in [0, 0.1) is 5.92 Å². The van der Waals surface area contributed by atoms with Crippen molar-refractivity contribution < 1.29 is 9.47 Å². The molecule has 1 fully saturated rings. The Morgan fingerprint density at radius 3 is 2.68 bits per heavy atom. The van der Waals surface area contributed by atoms with Gasteiger partial charge in [-0.3, -0.25) is 0 Å². The van der Waals surface area contributed by atoms with E-state index in [4.69, 9.17) is 21.1 Å². The molecule has 1 aromatic rings. The number of methoxy groups -OCH3 is 1. The molecular formula is C14H21Cl2NO2. The van der Waals surface area contributed by atoms with E-state index in [2.05, 4.69) is 5.32 Å². The SMILES string of the molecule is COc1ccc(OCCC2CCNCC2)c(Cl)c1.Cl. The number of rotatable bonds is 5. The molecule has 0 bridgehead atoms. The van der Waals surface area contributed by atoms with Crippen LogP contribution in [0.5, 0.6) is 11.5 Å². The Balaban J connectivity index is 0.00000180. The zero-order valence-electron chi connectivity index (χ0n) is 11.2. The van der Waals surface area contributed by atoms with Gasteiger partial charge in [-0.25, -0.2) is 0 Å². The van der Waals surface area contributed by atoms with E-state index in [0.29, 0.717) is 5.02 Å². The van der Waals surface area contributed by atoms with Crippen LogP contribution in [0.3, 0.4) is 0 Å². The molecule has 108 valence electrons. The van der Waals surface area contributed by atoms with Crippen LogP contribution in [0.15, 0.2) is 18.2 Å². The fourth-order valence-electron chi connectivity index (χ4n) is 2.23. The molecule has 1 aromatic carbocycles. The zero-order chi connectivity index (χ0) is 12.8. The van der Waals surface area contributed by atoms with Crippen LogP contribution in [0.25, 0.3) is 0 Å². The molecule has 1 heterocycles. The quantitative estimate of drug-likeness (QED) is 0.902. The first-order valence-corrected chi connectivity index (χ1v) is 6.84. The summed E-state index contributed by atoms with van der Waals surface area (Å²) in [5, 5.41) is 3.98. The van der Waals surface area contributed by atoms with Gasteiger partial charge in [0.05, 0.1) is 18.7 Å². The lowest BCUT2D eigenvalue weighted by Gasteiger charge is -2.22. The van der Waals surface area contributed by atoms with Crippen molar-refractivity contribution in [2.45, 2.75) is 19.3 Å². The normalized spacial score (nSPS) is 15.7. The predicted octanol–water partition coefficient (Wildman–Crippen LogP) is 3.54. The van der Waals surface area contributed by atoms with Crippen molar-refractivity contribution >= 4 is 24.0 Å². The van der Waals surface area contributed by atoms with E-state index in [0.717, 1.165) is 43.5 Å². The minimum Gasteiger partial charge on any atom is -0.497 e. The minimum atomic E-state index is 0. The zero-order valence-corrected chi connectivity index (χ0v) is 12.7. The van der Waals surface area contributed by atoms with E-state index in [1.54, 1.807) is 13.2 Å². The summed E-state index contributed by atoms with van der Waals surface area (Å²) >= 11 is 6.11. The summed E-state index contributed by atoms with van der Waals surface area (Å²) in [6.45, 7) is 3.00. The highest BCUT2D eigenvalue weighted by atomic mass is 35.5. The van der Waals surface area contributed by atoms with Crippen LogP contribution in [-0.2, 0) is 0 Å². The Kier molecular flexibility index (Phi) is 7.36. The van der Waals surface area contributed by atoms with Gasteiger partial charge in [-0.1, -0.05) is 11.6 Å². The van der Waals surface area contributed by atoms with Crippen LogP contribution in [0.2, 0.25) is 5.02 Å². The number of halogens is 2. The van der Waals surface area contributed by atoms with E-state index in [1.165, 1.54) is 12.8 Å². The maximum Gasteiger partial charge on any atom is 0.138 e. The molecule has 5 heteroatoms. The van der Waals surface area contributed by atoms with Gasteiger partial charge in [0.15, 0.2) is 0 Å². The molecule has 2 rings (SSSR count). The van der Waals surface area contributed by atoms with Crippen LogP contribution in [-0.4, -0.2) is 26.8 Å². The summed E-state index contributed by atoms with van der Waals surface area (Å²) < 4.78 is 10.8. The molecule has 0 aliphatic carbocycles. The molecule has 1 saturated heterocycles. The van der Waals surface area contributed by atoms with Gasteiger partial charge >= 0.3 is 0 Å². The van der Waals surface area contributed by atoms with Gasteiger partial charge in [-0.15, -0.1) is 12.4 Å². The second-order valence-corrected chi connectivity index (χ2v) is 5.03.